The number of nitrogens with zero attached hydrogens (tertiary/aromatic N) is 1. The summed E-state index contributed by atoms with van der Waals surface area (Å²) in [6.07, 6.45) is 4.36. The Morgan fingerprint density at radius 1 is 0.971 bits per heavy atom. The van der Waals surface area contributed by atoms with E-state index >= 15 is 0 Å². The van der Waals surface area contributed by atoms with Crippen molar-refractivity contribution in [3.63, 3.8) is 0 Å². The first-order chi connectivity index (χ1) is 16.9. The minimum Gasteiger partial charge on any atom is -0.312 e. The summed E-state index contributed by atoms with van der Waals surface area (Å²) in [6.45, 7) is 2.36. The Labute approximate surface area is 206 Å². The predicted octanol–water partition coefficient (Wildman–Crippen LogP) is 7.15. The van der Waals surface area contributed by atoms with Gasteiger partial charge in [-0.25, -0.2) is 0 Å². The molecule has 0 spiro atoms. The van der Waals surface area contributed by atoms with E-state index in [1.807, 2.05) is 66.7 Å². The first-order valence-electron chi connectivity index (χ1n) is 12.6. The molecule has 0 unspecified atom stereocenters. The van der Waals surface area contributed by atoms with Gasteiger partial charge >= 0.3 is 5.92 Å². The van der Waals surface area contributed by atoms with Gasteiger partial charge in [0.15, 0.2) is 0 Å². The van der Waals surface area contributed by atoms with Gasteiger partial charge in [-0.1, -0.05) is 74.4 Å². The van der Waals surface area contributed by atoms with Crippen molar-refractivity contribution in [2.75, 3.05) is 11.4 Å². The number of fused-ring (bicyclic) bond motifs is 1. The third-order valence-electron chi connectivity index (χ3n) is 6.96. The average Bonchev–Trinajstić information content (AvgIpc) is 2.85. The average molecular weight is 478 g/mol. The normalized spacial score (nSPS) is 17.5. The molecule has 35 heavy (non-hydrogen) atoms. The summed E-state index contributed by atoms with van der Waals surface area (Å²) in [5.74, 6) is -4.84. The van der Waals surface area contributed by atoms with E-state index in [-0.39, 0.29) is 25.3 Å². The van der Waals surface area contributed by atoms with Crippen molar-refractivity contribution in [3.8, 4) is 0 Å². The van der Waals surface area contributed by atoms with Crippen LogP contribution in [0, 0.1) is 5.92 Å². The number of anilines is 1. The lowest BCUT2D eigenvalue weighted by molar-refractivity contribution is -0.150. The van der Waals surface area contributed by atoms with Gasteiger partial charge in [0.1, 0.15) is 0 Å². The van der Waals surface area contributed by atoms with Gasteiger partial charge in [-0.2, -0.15) is 8.78 Å². The van der Waals surface area contributed by atoms with Crippen LogP contribution in [0.25, 0.3) is 10.8 Å². The number of Topliss-reactive ketones (excluding diaryl/α,β-unsaturated/α-hetero) is 1. The quantitative estimate of drug-likeness (QED) is 0.307. The van der Waals surface area contributed by atoms with E-state index in [2.05, 4.69) is 6.92 Å². The smallest absolute Gasteiger partial charge is 0.305 e. The van der Waals surface area contributed by atoms with Crippen molar-refractivity contribution < 1.29 is 18.4 Å². The topological polar surface area (TPSA) is 37.4 Å². The second kappa shape index (κ2) is 11.1. The standard InChI is InChI=1S/C30H33F2NO2/c1-2-3-4-7-22-11-15-27(16-12-22)33(21-24-13-17-28(34)30(31,32)20-24)29(35)19-23-10-14-25-8-5-6-9-26(25)18-23/h5-6,8-12,14-16,18,24H,2-4,7,13,17,19-21H2,1H3/t24-/m1/s1. The Balaban J connectivity index is 1.54. The highest BCUT2D eigenvalue weighted by atomic mass is 19.3. The highest BCUT2D eigenvalue weighted by Crippen LogP contribution is 2.35. The van der Waals surface area contributed by atoms with Gasteiger partial charge in [0.05, 0.1) is 6.42 Å². The van der Waals surface area contributed by atoms with Crippen molar-refractivity contribution >= 4 is 28.2 Å². The second-order valence-corrected chi connectivity index (χ2v) is 9.72. The number of amides is 1. The van der Waals surface area contributed by atoms with Gasteiger partial charge in [0.2, 0.25) is 11.7 Å². The van der Waals surface area contributed by atoms with Crippen LogP contribution in [-0.2, 0) is 22.4 Å². The minimum atomic E-state index is -3.31. The number of unbranched alkanes of at least 4 members (excludes halogenated alkanes) is 2. The number of ketones is 1. The second-order valence-electron chi connectivity index (χ2n) is 9.72. The van der Waals surface area contributed by atoms with Crippen LogP contribution in [0.1, 0.15) is 56.6 Å². The fourth-order valence-electron chi connectivity index (χ4n) is 4.90. The lowest BCUT2D eigenvalue weighted by Gasteiger charge is -2.32. The molecule has 0 radical (unpaired) electrons. The molecule has 4 rings (SSSR count). The molecule has 1 fully saturated rings. The largest absolute Gasteiger partial charge is 0.312 e. The number of carbonyl (C=O) groups is 2. The summed E-state index contributed by atoms with van der Waals surface area (Å²) in [4.78, 5) is 26.8. The van der Waals surface area contributed by atoms with Crippen molar-refractivity contribution in [1.29, 1.82) is 0 Å². The fraction of sp³-hybridized carbons (Fsp3) is 0.400. The van der Waals surface area contributed by atoms with Crippen LogP contribution in [0.2, 0.25) is 0 Å². The van der Waals surface area contributed by atoms with Gasteiger partial charge in [-0.15, -0.1) is 0 Å². The molecule has 0 aromatic heterocycles. The van der Waals surface area contributed by atoms with Crippen molar-refractivity contribution in [2.45, 2.75) is 64.2 Å². The molecule has 3 aromatic rings. The zero-order chi connectivity index (χ0) is 24.8. The molecular weight excluding hydrogens is 444 g/mol. The van der Waals surface area contributed by atoms with Crippen LogP contribution in [0.15, 0.2) is 66.7 Å². The van der Waals surface area contributed by atoms with Crippen LogP contribution in [-0.4, -0.2) is 24.2 Å². The van der Waals surface area contributed by atoms with Gasteiger partial charge in [0, 0.05) is 25.1 Å². The summed E-state index contributed by atoms with van der Waals surface area (Å²) in [6, 6.07) is 21.8. The molecule has 0 N–H and O–H groups in total. The van der Waals surface area contributed by atoms with Crippen molar-refractivity contribution in [2.24, 2.45) is 5.92 Å². The van der Waals surface area contributed by atoms with Crippen molar-refractivity contribution in [3.05, 3.63) is 77.9 Å². The molecule has 1 aliphatic carbocycles. The minimum absolute atomic E-state index is 0.126. The Morgan fingerprint density at radius 3 is 2.40 bits per heavy atom. The van der Waals surface area contributed by atoms with Gasteiger partial charge < -0.3 is 4.90 Å². The number of hydrogen-bond acceptors (Lipinski definition) is 2. The van der Waals surface area contributed by atoms with E-state index in [1.165, 1.54) is 12.0 Å². The maximum absolute atomic E-state index is 14.1. The molecule has 0 saturated heterocycles. The zero-order valence-corrected chi connectivity index (χ0v) is 20.3. The summed E-state index contributed by atoms with van der Waals surface area (Å²) in [5.41, 5.74) is 2.81. The number of rotatable bonds is 9. The molecule has 1 atom stereocenters. The molecule has 1 aliphatic rings. The summed E-state index contributed by atoms with van der Waals surface area (Å²) < 4.78 is 28.3. The lowest BCUT2D eigenvalue weighted by atomic mass is 9.85. The number of hydrogen-bond donors (Lipinski definition) is 0. The molecule has 0 heterocycles. The monoisotopic (exact) mass is 477 g/mol. The summed E-state index contributed by atoms with van der Waals surface area (Å²) >= 11 is 0. The van der Waals surface area contributed by atoms with E-state index in [4.69, 9.17) is 0 Å². The number of alkyl halides is 2. The number of carbonyl (C=O) groups excluding carboxylic acids is 2. The van der Waals surface area contributed by atoms with Crippen molar-refractivity contribution in [1.82, 2.24) is 0 Å². The molecule has 1 amide bonds. The molecule has 5 heteroatoms. The maximum atomic E-state index is 14.1. The van der Waals surface area contributed by atoms with Crippen LogP contribution in [0.4, 0.5) is 14.5 Å². The van der Waals surface area contributed by atoms with E-state index < -0.39 is 24.0 Å². The molecule has 1 saturated carbocycles. The third kappa shape index (κ3) is 6.33. The highest BCUT2D eigenvalue weighted by molar-refractivity contribution is 5.95. The molecule has 0 bridgehead atoms. The molecule has 184 valence electrons. The Kier molecular flexibility index (Phi) is 7.94. The van der Waals surface area contributed by atoms with E-state index in [1.54, 1.807) is 4.90 Å². The Morgan fingerprint density at radius 2 is 1.69 bits per heavy atom. The SMILES string of the molecule is CCCCCc1ccc(N(C[C@@H]2CCC(=O)C(F)(F)C2)C(=O)Cc2ccc3ccccc3c2)cc1. The van der Waals surface area contributed by atoms with Crippen LogP contribution in [0.5, 0.6) is 0 Å². The van der Waals surface area contributed by atoms with Crippen LogP contribution in [0.3, 0.4) is 0 Å². The van der Waals surface area contributed by atoms with Crippen LogP contribution < -0.4 is 4.90 Å². The molecular formula is C30H33F2NO2. The molecule has 0 aliphatic heterocycles. The third-order valence-corrected chi connectivity index (χ3v) is 6.96. The van der Waals surface area contributed by atoms with Gasteiger partial charge in [-0.05, 0) is 59.2 Å². The zero-order valence-electron chi connectivity index (χ0n) is 20.3. The van der Waals surface area contributed by atoms with E-state index in [0.717, 1.165) is 41.3 Å². The molecule has 3 aromatic carbocycles. The number of aryl methyl sites for hydroxylation is 1. The van der Waals surface area contributed by atoms with E-state index in [9.17, 15) is 18.4 Å². The summed E-state index contributed by atoms with van der Waals surface area (Å²) in [7, 11) is 0. The number of benzene rings is 3. The first-order valence-corrected chi connectivity index (χ1v) is 12.6. The van der Waals surface area contributed by atoms with Gasteiger partial charge in [0.25, 0.3) is 0 Å². The van der Waals surface area contributed by atoms with E-state index in [0.29, 0.717) is 6.42 Å². The highest BCUT2D eigenvalue weighted by Gasteiger charge is 2.44. The van der Waals surface area contributed by atoms with Crippen LogP contribution >= 0.6 is 0 Å². The van der Waals surface area contributed by atoms with Gasteiger partial charge in [-0.3, -0.25) is 9.59 Å². The maximum Gasteiger partial charge on any atom is 0.305 e. The lowest BCUT2D eigenvalue weighted by Crippen LogP contribution is -2.43. The Hall–Kier alpha value is -3.08. The predicted molar refractivity (Wildman–Crippen MR) is 137 cm³/mol. The molecule has 3 nitrogen and oxygen atoms in total. The number of halogens is 2. The Bertz CT molecular complexity index is 1170. The fourth-order valence-corrected chi connectivity index (χ4v) is 4.90. The first kappa shape index (κ1) is 25.0. The summed E-state index contributed by atoms with van der Waals surface area (Å²) in [5, 5.41) is 2.17.